The molecule has 0 bridgehead atoms. The van der Waals surface area contributed by atoms with Gasteiger partial charge < -0.3 is 14.5 Å². The Morgan fingerprint density at radius 1 is 1.42 bits per heavy atom. The van der Waals surface area contributed by atoms with Gasteiger partial charge in [0.05, 0.1) is 23.8 Å². The molecule has 0 aliphatic carbocycles. The number of hydrogen-bond donors (Lipinski definition) is 1. The second kappa shape index (κ2) is 7.13. The highest BCUT2D eigenvalue weighted by molar-refractivity contribution is 6.31. The number of rotatable bonds is 5. The third kappa shape index (κ3) is 3.43. The van der Waals surface area contributed by atoms with Crippen molar-refractivity contribution in [3.8, 4) is 11.8 Å². The zero-order valence-electron chi connectivity index (χ0n) is 13.4. The number of halogens is 1. The number of fused-ring (bicyclic) bond motifs is 1. The molecule has 0 aliphatic rings. The van der Waals surface area contributed by atoms with Crippen molar-refractivity contribution in [2.45, 2.75) is 0 Å². The average molecular weight is 371 g/mol. The first-order valence-electron chi connectivity index (χ1n) is 7.27. The van der Waals surface area contributed by atoms with Gasteiger partial charge in [-0.3, -0.25) is 10.1 Å². The Bertz CT molecular complexity index is 1070. The van der Waals surface area contributed by atoms with Crippen molar-refractivity contribution in [1.82, 2.24) is 4.98 Å². The number of aromatic nitrogens is 1. The van der Waals surface area contributed by atoms with Crippen LogP contribution in [0.2, 0.25) is 5.02 Å². The van der Waals surface area contributed by atoms with Crippen molar-refractivity contribution in [1.29, 1.82) is 5.26 Å². The summed E-state index contributed by atoms with van der Waals surface area (Å²) in [6.07, 6.45) is 1.38. The second-order valence-electron chi connectivity index (χ2n) is 5.09. The van der Waals surface area contributed by atoms with Crippen LogP contribution in [0.4, 0.5) is 11.4 Å². The maximum Gasteiger partial charge on any atom is 0.273 e. The maximum absolute atomic E-state index is 10.8. The molecular weight excluding hydrogens is 360 g/mol. The molecule has 9 heteroatoms. The molecule has 1 aromatic heterocycles. The number of nitrogens with zero attached hydrogens (tertiary/aromatic N) is 3. The smallest absolute Gasteiger partial charge is 0.273 e. The Balaban J connectivity index is 1.92. The van der Waals surface area contributed by atoms with Crippen LogP contribution >= 0.6 is 11.6 Å². The van der Waals surface area contributed by atoms with Gasteiger partial charge in [0.25, 0.3) is 5.69 Å². The SMILES string of the molecule is COc1cc([N+](=O)[O-])ccc1N/C=C(\C#N)c1nc2cc(Cl)ccc2o1. The van der Waals surface area contributed by atoms with E-state index in [9.17, 15) is 15.4 Å². The maximum atomic E-state index is 10.8. The van der Waals surface area contributed by atoms with E-state index in [1.165, 1.54) is 31.5 Å². The van der Waals surface area contributed by atoms with Gasteiger partial charge in [0.1, 0.15) is 22.9 Å². The number of nitriles is 1. The molecule has 0 saturated carbocycles. The lowest BCUT2D eigenvalue weighted by Crippen LogP contribution is -1.96. The van der Waals surface area contributed by atoms with Crippen LogP contribution in [0.3, 0.4) is 0 Å². The van der Waals surface area contributed by atoms with E-state index in [1.54, 1.807) is 18.2 Å². The molecule has 8 nitrogen and oxygen atoms in total. The molecule has 0 aliphatic heterocycles. The number of allylic oxidation sites excluding steroid dienone is 1. The van der Waals surface area contributed by atoms with Gasteiger partial charge in [-0.1, -0.05) is 11.6 Å². The summed E-state index contributed by atoms with van der Waals surface area (Å²) in [6.45, 7) is 0. The molecular formula is C17H11ClN4O4. The van der Waals surface area contributed by atoms with Gasteiger partial charge in [-0.15, -0.1) is 0 Å². The van der Waals surface area contributed by atoms with Gasteiger partial charge in [0.2, 0.25) is 5.89 Å². The lowest BCUT2D eigenvalue weighted by Gasteiger charge is -2.07. The minimum Gasteiger partial charge on any atom is -0.494 e. The Morgan fingerprint density at radius 3 is 2.92 bits per heavy atom. The van der Waals surface area contributed by atoms with Gasteiger partial charge in [-0.2, -0.15) is 5.26 Å². The number of anilines is 1. The van der Waals surface area contributed by atoms with E-state index in [-0.39, 0.29) is 22.9 Å². The highest BCUT2D eigenvalue weighted by atomic mass is 35.5. The molecule has 1 N–H and O–H groups in total. The summed E-state index contributed by atoms with van der Waals surface area (Å²) in [5, 5.41) is 23.6. The quantitative estimate of drug-likeness (QED) is 0.402. The summed E-state index contributed by atoms with van der Waals surface area (Å²) < 4.78 is 10.7. The zero-order valence-corrected chi connectivity index (χ0v) is 14.1. The summed E-state index contributed by atoms with van der Waals surface area (Å²) in [5.74, 6) is 0.384. The van der Waals surface area contributed by atoms with Crippen LogP contribution in [0.15, 0.2) is 47.0 Å². The first-order chi connectivity index (χ1) is 12.5. The number of hydrogen-bond acceptors (Lipinski definition) is 7. The Hall–Kier alpha value is -3.57. The van der Waals surface area contributed by atoms with Crippen LogP contribution in [0, 0.1) is 21.4 Å². The number of nitro benzene ring substituents is 1. The third-order valence-electron chi connectivity index (χ3n) is 3.47. The molecule has 0 spiro atoms. The molecule has 26 heavy (non-hydrogen) atoms. The van der Waals surface area contributed by atoms with Crippen LogP contribution < -0.4 is 10.1 Å². The fraction of sp³-hybridized carbons (Fsp3) is 0.0588. The van der Waals surface area contributed by atoms with Crippen molar-refractivity contribution in [2.75, 3.05) is 12.4 Å². The van der Waals surface area contributed by atoms with Gasteiger partial charge in [0.15, 0.2) is 5.58 Å². The molecule has 3 rings (SSSR count). The topological polar surface area (TPSA) is 114 Å². The number of nitrogens with one attached hydrogen (secondary N) is 1. The van der Waals surface area contributed by atoms with Gasteiger partial charge in [0, 0.05) is 17.3 Å². The fourth-order valence-electron chi connectivity index (χ4n) is 2.22. The van der Waals surface area contributed by atoms with Crippen molar-refractivity contribution in [2.24, 2.45) is 0 Å². The molecule has 0 amide bonds. The number of nitro groups is 1. The summed E-state index contributed by atoms with van der Waals surface area (Å²) in [7, 11) is 1.39. The van der Waals surface area contributed by atoms with Crippen LogP contribution in [-0.4, -0.2) is 17.0 Å². The Labute approximate surface area is 152 Å². The van der Waals surface area contributed by atoms with Gasteiger partial charge in [-0.05, 0) is 24.3 Å². The lowest BCUT2D eigenvalue weighted by molar-refractivity contribution is -0.384. The molecule has 1 heterocycles. The summed E-state index contributed by atoms with van der Waals surface area (Å²) in [4.78, 5) is 14.5. The largest absolute Gasteiger partial charge is 0.494 e. The van der Waals surface area contributed by atoms with E-state index >= 15 is 0 Å². The number of methoxy groups -OCH3 is 1. The third-order valence-corrected chi connectivity index (χ3v) is 3.70. The van der Waals surface area contributed by atoms with Gasteiger partial charge in [-0.25, -0.2) is 4.98 Å². The van der Waals surface area contributed by atoms with Crippen LogP contribution in [0.25, 0.3) is 16.7 Å². The summed E-state index contributed by atoms with van der Waals surface area (Å²) >= 11 is 5.92. The predicted molar refractivity (Wildman–Crippen MR) is 95.9 cm³/mol. The van der Waals surface area contributed by atoms with E-state index in [1.807, 2.05) is 6.07 Å². The molecule has 0 radical (unpaired) electrons. The lowest BCUT2D eigenvalue weighted by atomic mass is 10.2. The molecule has 0 atom stereocenters. The monoisotopic (exact) mass is 370 g/mol. The minimum absolute atomic E-state index is 0.104. The van der Waals surface area contributed by atoms with Crippen LogP contribution in [-0.2, 0) is 0 Å². The van der Waals surface area contributed by atoms with E-state index < -0.39 is 4.92 Å². The molecule has 0 saturated heterocycles. The minimum atomic E-state index is -0.522. The number of ether oxygens (including phenoxy) is 1. The number of oxazole rings is 1. The van der Waals surface area contributed by atoms with Crippen molar-refractivity contribution >= 4 is 39.6 Å². The molecule has 0 unspecified atom stereocenters. The first-order valence-corrected chi connectivity index (χ1v) is 7.65. The standard InChI is InChI=1S/C17H11ClN4O4/c1-25-16-7-12(22(23)24)3-4-13(16)20-9-10(8-19)17-21-14-6-11(18)2-5-15(14)26-17/h2-7,9,20H,1H3/b10-9+. The highest BCUT2D eigenvalue weighted by Crippen LogP contribution is 2.30. The van der Waals surface area contributed by atoms with Gasteiger partial charge >= 0.3 is 0 Å². The molecule has 130 valence electrons. The highest BCUT2D eigenvalue weighted by Gasteiger charge is 2.13. The second-order valence-corrected chi connectivity index (χ2v) is 5.52. The van der Waals surface area contributed by atoms with E-state index in [2.05, 4.69) is 10.3 Å². The molecule has 0 fully saturated rings. The average Bonchev–Trinajstić information content (AvgIpc) is 3.05. The normalized spacial score (nSPS) is 11.2. The summed E-state index contributed by atoms with van der Waals surface area (Å²) in [6, 6.07) is 11.0. The Morgan fingerprint density at radius 2 is 2.23 bits per heavy atom. The Kier molecular flexibility index (Phi) is 4.73. The van der Waals surface area contributed by atoms with Crippen molar-refractivity contribution < 1.29 is 14.1 Å². The number of benzene rings is 2. The van der Waals surface area contributed by atoms with E-state index in [0.717, 1.165) is 0 Å². The van der Waals surface area contributed by atoms with Crippen LogP contribution in [0.1, 0.15) is 5.89 Å². The molecule has 2 aromatic carbocycles. The summed E-state index contributed by atoms with van der Waals surface area (Å²) in [5.41, 5.74) is 1.51. The fourth-order valence-corrected chi connectivity index (χ4v) is 2.39. The van der Waals surface area contributed by atoms with Crippen LogP contribution in [0.5, 0.6) is 5.75 Å². The zero-order chi connectivity index (χ0) is 18.7. The first kappa shape index (κ1) is 17.3. The van der Waals surface area contributed by atoms with Crippen molar-refractivity contribution in [3.63, 3.8) is 0 Å². The predicted octanol–water partition coefficient (Wildman–Crippen LogP) is 4.37. The van der Waals surface area contributed by atoms with Crippen molar-refractivity contribution in [3.05, 3.63) is 63.6 Å². The number of non-ortho nitro benzene ring substituents is 1. The van der Waals surface area contributed by atoms with E-state index in [0.29, 0.717) is 21.8 Å². The van der Waals surface area contributed by atoms with E-state index in [4.69, 9.17) is 20.8 Å². The molecule has 3 aromatic rings.